The molecular weight excluding hydrogens is 271 g/mol. The molecule has 0 N–H and O–H groups in total. The van der Waals surface area contributed by atoms with E-state index >= 15 is 0 Å². The van der Waals surface area contributed by atoms with Gasteiger partial charge in [-0.2, -0.15) is 0 Å². The molecule has 0 saturated heterocycles. The molecule has 0 bridgehead atoms. The maximum Gasteiger partial charge on any atom is -0.0843 e. The van der Waals surface area contributed by atoms with Crippen LogP contribution < -0.4 is 9.97 Å². The molecule has 6 heteroatoms. The molecule has 0 amide bonds. The van der Waals surface area contributed by atoms with Crippen LogP contribution in [0.5, 0.6) is 0 Å². The monoisotopic (exact) mass is 276 g/mol. The summed E-state index contributed by atoms with van der Waals surface area (Å²) in [6.07, 6.45) is 9.56. The van der Waals surface area contributed by atoms with Crippen molar-refractivity contribution in [1.82, 2.24) is 19.9 Å². The van der Waals surface area contributed by atoms with E-state index in [2.05, 4.69) is 49.1 Å². The molecule has 2 rings (SSSR count). The minimum Gasteiger partial charge on any atom is -0.450 e. The zero-order chi connectivity index (χ0) is 9.07. The number of rotatable bonds is 0. The van der Waals surface area contributed by atoms with E-state index in [-0.39, 0.29) is 0 Å². The van der Waals surface area contributed by atoms with Crippen LogP contribution in [0.1, 0.15) is 0 Å². The van der Waals surface area contributed by atoms with Crippen LogP contribution in [0.25, 0.3) is 0 Å². The van der Waals surface area contributed by atoms with Gasteiger partial charge < -0.3 is 19.9 Å². The van der Waals surface area contributed by atoms with Gasteiger partial charge in [0.2, 0.25) is 0 Å². The van der Waals surface area contributed by atoms with Gasteiger partial charge in [-0.1, -0.05) is 37.4 Å². The molecular formula is C6H6AgClN4-2. The van der Waals surface area contributed by atoms with Crippen LogP contribution in [-0.4, -0.2) is 9.97 Å². The molecule has 0 unspecified atom stereocenters. The molecule has 0 saturated carbocycles. The third kappa shape index (κ3) is 7.56. The van der Waals surface area contributed by atoms with E-state index in [4.69, 9.17) is 0 Å². The third-order valence-electron chi connectivity index (χ3n) is 0.744. The summed E-state index contributed by atoms with van der Waals surface area (Å²) in [6.45, 7) is 0. The second kappa shape index (κ2) is 10.5. The molecule has 70 valence electrons. The summed E-state index contributed by atoms with van der Waals surface area (Å²) in [5.74, 6) is 0. The predicted octanol–water partition coefficient (Wildman–Crippen LogP) is 0.765. The van der Waals surface area contributed by atoms with Crippen LogP contribution in [0, 0.1) is 0 Å². The van der Waals surface area contributed by atoms with Crippen molar-refractivity contribution in [1.29, 1.82) is 0 Å². The Morgan fingerprint density at radius 2 is 1.33 bits per heavy atom. The van der Waals surface area contributed by atoms with Crippen LogP contribution in [-0.2, 0) is 20.0 Å². The van der Waals surface area contributed by atoms with Crippen LogP contribution in [0.4, 0.5) is 0 Å². The van der Waals surface area contributed by atoms with E-state index in [1.807, 2.05) is 0 Å². The average molecular weight is 277 g/mol. The Labute approximate surface area is 86.5 Å². The van der Waals surface area contributed by atoms with Crippen molar-refractivity contribution in [3.05, 3.63) is 37.4 Å². The Bertz CT molecular complexity index is 159. The Balaban J connectivity index is 0.000000168. The first-order valence-corrected chi connectivity index (χ1v) is 4.75. The summed E-state index contributed by atoms with van der Waals surface area (Å²) in [7, 11) is 4.45. The average Bonchev–Trinajstić information content (AvgIpc) is 2.87. The quantitative estimate of drug-likeness (QED) is 0.667. The fourth-order valence-corrected chi connectivity index (χ4v) is 0.385. The van der Waals surface area contributed by atoms with Crippen molar-refractivity contribution in [2.24, 2.45) is 0 Å². The van der Waals surface area contributed by atoms with Gasteiger partial charge in [0.15, 0.2) is 0 Å². The third-order valence-corrected chi connectivity index (χ3v) is 0.744. The molecule has 0 fully saturated rings. The van der Waals surface area contributed by atoms with Gasteiger partial charge in [-0.15, -0.1) is 0 Å². The fraction of sp³-hybridized carbons (Fsp3) is 0. The molecule has 4 nitrogen and oxygen atoms in total. The SMILES string of the molecule is [Cl][Ag].c1c[n-]cn1.c1c[n-]cn1. The van der Waals surface area contributed by atoms with Crippen LogP contribution in [0.15, 0.2) is 37.4 Å². The largest absolute Gasteiger partial charge is 0.450 e. The van der Waals surface area contributed by atoms with Crippen molar-refractivity contribution in [3.63, 3.8) is 0 Å². The van der Waals surface area contributed by atoms with Crippen molar-refractivity contribution in [2.45, 2.75) is 0 Å². The molecule has 12 heavy (non-hydrogen) atoms. The first kappa shape index (κ1) is 11.5. The van der Waals surface area contributed by atoms with Crippen molar-refractivity contribution >= 4 is 9.19 Å². The normalized spacial score (nSPS) is 7.25. The molecule has 0 aliphatic heterocycles. The van der Waals surface area contributed by atoms with Gasteiger partial charge in [0.1, 0.15) is 0 Å². The van der Waals surface area contributed by atoms with E-state index < -0.39 is 0 Å². The Hall–Kier alpha value is -0.550. The summed E-state index contributed by atoms with van der Waals surface area (Å²) < 4.78 is 0. The summed E-state index contributed by atoms with van der Waals surface area (Å²) >= 11 is 2.42. The molecule has 0 aromatic carbocycles. The van der Waals surface area contributed by atoms with Crippen molar-refractivity contribution in [3.8, 4) is 0 Å². The topological polar surface area (TPSA) is 54.0 Å². The maximum absolute atomic E-state index is 4.45. The number of nitrogens with zero attached hydrogens (tertiary/aromatic N) is 4. The second-order valence-corrected chi connectivity index (χ2v) is 1.42. The minimum atomic E-state index is 1.50. The molecule has 0 aliphatic rings. The van der Waals surface area contributed by atoms with E-state index in [1.165, 1.54) is 12.7 Å². The number of halogens is 1. The van der Waals surface area contributed by atoms with E-state index in [9.17, 15) is 0 Å². The fourth-order valence-electron chi connectivity index (χ4n) is 0.385. The molecule has 0 spiro atoms. The molecule has 0 radical (unpaired) electrons. The standard InChI is InChI=1S/2C3H3N2.Ag.ClH/c2*1-2-5-3-4-1;;/h2*1-3H;;1H/q2*-1;+1;/p-1. The van der Waals surface area contributed by atoms with Crippen molar-refractivity contribution in [2.75, 3.05) is 0 Å². The Morgan fingerprint density at radius 1 is 0.917 bits per heavy atom. The second-order valence-electron chi connectivity index (χ2n) is 1.42. The number of imidazole rings is 2. The minimum absolute atomic E-state index is 1.50. The molecule has 2 aromatic heterocycles. The maximum atomic E-state index is 4.45. The van der Waals surface area contributed by atoms with Crippen LogP contribution in [0.3, 0.4) is 0 Å². The van der Waals surface area contributed by atoms with E-state index in [0.29, 0.717) is 0 Å². The molecule has 0 aliphatic carbocycles. The van der Waals surface area contributed by atoms with Gasteiger partial charge >= 0.3 is 29.2 Å². The molecule has 2 aromatic rings. The van der Waals surface area contributed by atoms with E-state index in [0.717, 1.165) is 0 Å². The van der Waals surface area contributed by atoms with Gasteiger partial charge in [0.05, 0.1) is 0 Å². The summed E-state index contributed by atoms with van der Waals surface area (Å²) in [5, 5.41) is 0. The predicted molar refractivity (Wildman–Crippen MR) is 41.0 cm³/mol. The zero-order valence-electron chi connectivity index (χ0n) is 5.93. The Kier molecular flexibility index (Phi) is 9.97. The van der Waals surface area contributed by atoms with Gasteiger partial charge in [-0.3, -0.25) is 0 Å². The number of hydrogen-bond acceptors (Lipinski definition) is 2. The Morgan fingerprint density at radius 3 is 1.42 bits per heavy atom. The van der Waals surface area contributed by atoms with Gasteiger partial charge in [0.25, 0.3) is 0 Å². The van der Waals surface area contributed by atoms with Crippen LogP contribution >= 0.6 is 9.19 Å². The molecule has 0 atom stereocenters. The van der Waals surface area contributed by atoms with Gasteiger partial charge in [0, 0.05) is 0 Å². The first-order valence-electron chi connectivity index (χ1n) is 2.85. The number of aromatic nitrogens is 4. The van der Waals surface area contributed by atoms with E-state index in [1.54, 1.807) is 24.8 Å². The van der Waals surface area contributed by atoms with Crippen LogP contribution in [0.2, 0.25) is 0 Å². The first-order chi connectivity index (χ1) is 6.00. The zero-order valence-corrected chi connectivity index (χ0v) is 8.17. The number of hydrogen-bond donors (Lipinski definition) is 0. The van der Waals surface area contributed by atoms with Crippen molar-refractivity contribution < 1.29 is 20.0 Å². The summed E-state index contributed by atoms with van der Waals surface area (Å²) in [5.41, 5.74) is 0. The molecule has 2 heterocycles. The van der Waals surface area contributed by atoms with Gasteiger partial charge in [-0.05, 0) is 0 Å². The summed E-state index contributed by atoms with van der Waals surface area (Å²) in [4.78, 5) is 14.4. The van der Waals surface area contributed by atoms with Gasteiger partial charge in [-0.25, -0.2) is 0 Å². The summed E-state index contributed by atoms with van der Waals surface area (Å²) in [6, 6.07) is 0. The smallest absolute Gasteiger partial charge is 0.0843 e.